The molecule has 6 fully saturated rings. The van der Waals surface area contributed by atoms with Gasteiger partial charge in [0.25, 0.3) is 0 Å². The molecular formula is C22H34Cl2Pd2+2. The number of halogens is 2. The van der Waals surface area contributed by atoms with Gasteiger partial charge in [-0.3, -0.25) is 0 Å². The molecule has 154 valence electrons. The van der Waals surface area contributed by atoms with Gasteiger partial charge in [-0.15, -0.1) is 0 Å². The summed E-state index contributed by atoms with van der Waals surface area (Å²) in [5.41, 5.74) is 1.22. The number of rotatable bonds is 2. The fraction of sp³-hybridized carbons (Fsp3) is 0.727. The summed E-state index contributed by atoms with van der Waals surface area (Å²) in [6.07, 6.45) is 15.0. The molecule has 0 saturated heterocycles. The summed E-state index contributed by atoms with van der Waals surface area (Å²) in [5, 5.41) is 0. The summed E-state index contributed by atoms with van der Waals surface area (Å²) < 4.78 is 0. The Morgan fingerprint density at radius 1 is 0.769 bits per heavy atom. The topological polar surface area (TPSA) is 0 Å². The molecule has 26 heavy (non-hydrogen) atoms. The van der Waals surface area contributed by atoms with Crippen molar-refractivity contribution >= 4 is 19.1 Å². The van der Waals surface area contributed by atoms with E-state index < -0.39 is 0 Å². The van der Waals surface area contributed by atoms with Crippen LogP contribution in [0.25, 0.3) is 0 Å². The van der Waals surface area contributed by atoms with Crippen LogP contribution in [0.3, 0.4) is 0 Å². The van der Waals surface area contributed by atoms with E-state index in [1.807, 2.05) is 0 Å². The zero-order chi connectivity index (χ0) is 20.1. The average Bonchev–Trinajstić information content (AvgIpc) is 2.71. The van der Waals surface area contributed by atoms with Crippen molar-refractivity contribution in [1.82, 2.24) is 0 Å². The minimum atomic E-state index is 0.608. The molecule has 0 aromatic rings. The zero-order valence-electron chi connectivity index (χ0n) is 16.8. The Morgan fingerprint density at radius 3 is 1.23 bits per heavy atom. The van der Waals surface area contributed by atoms with Crippen molar-refractivity contribution < 1.29 is 36.4 Å². The molecule has 0 aromatic heterocycles. The maximum atomic E-state index is 4.49. The molecule has 0 heterocycles. The van der Waals surface area contributed by atoms with Crippen LogP contribution in [-0.4, -0.2) is 0 Å². The van der Waals surface area contributed by atoms with Crippen molar-refractivity contribution in [2.24, 2.45) is 34.5 Å². The summed E-state index contributed by atoms with van der Waals surface area (Å²) in [4.78, 5) is 0. The average molecular weight is 582 g/mol. The Bertz CT molecular complexity index is 369. The van der Waals surface area contributed by atoms with Crippen molar-refractivity contribution in [1.29, 1.82) is 0 Å². The van der Waals surface area contributed by atoms with E-state index >= 15 is 0 Å². The first-order valence-corrected chi connectivity index (χ1v) is 13.6. The van der Waals surface area contributed by atoms with Gasteiger partial charge in [-0.25, -0.2) is 0 Å². The van der Waals surface area contributed by atoms with E-state index in [4.69, 9.17) is 0 Å². The van der Waals surface area contributed by atoms with Crippen molar-refractivity contribution in [2.75, 3.05) is 0 Å². The van der Waals surface area contributed by atoms with Gasteiger partial charge in [-0.1, -0.05) is 41.5 Å². The van der Waals surface area contributed by atoms with Crippen LogP contribution in [0.15, 0.2) is 0 Å². The van der Waals surface area contributed by atoms with Crippen LogP contribution in [0.2, 0.25) is 0 Å². The molecule has 6 aliphatic rings. The van der Waals surface area contributed by atoms with Crippen molar-refractivity contribution in [3.8, 4) is 0 Å². The van der Waals surface area contributed by atoms with Gasteiger partial charge >= 0.3 is 55.4 Å². The van der Waals surface area contributed by atoms with Gasteiger partial charge in [0.1, 0.15) is 0 Å². The number of hydrogen-bond donors (Lipinski definition) is 0. The second kappa shape index (κ2) is 11.3. The quantitative estimate of drug-likeness (QED) is 0.296. The molecule has 0 amide bonds. The van der Waals surface area contributed by atoms with Crippen molar-refractivity contribution in [3.05, 3.63) is 37.5 Å². The standard InChI is InChI=1S/2C11H17.2ClH.2Pd/c2*1-4-8-5-6-9-7-10(8)11(9,2)3;;;;/h2*4-5,9-10H,6-7H2,1-3H3;2*1H;;/q;;;;2*+2/p-2/t2*9-,10-;;;;/m00..../s1. The summed E-state index contributed by atoms with van der Waals surface area (Å²) in [6.45, 7) is 14.0. The van der Waals surface area contributed by atoms with Gasteiger partial charge < -0.3 is 0 Å². The summed E-state index contributed by atoms with van der Waals surface area (Å²) >= 11 is 4.44. The first-order chi connectivity index (χ1) is 12.3. The van der Waals surface area contributed by atoms with Crippen LogP contribution >= 0.6 is 19.1 Å². The van der Waals surface area contributed by atoms with Crippen LogP contribution in [0.5, 0.6) is 0 Å². The fourth-order valence-electron chi connectivity index (χ4n) is 5.44. The third-order valence-corrected chi connectivity index (χ3v) is 7.69. The van der Waals surface area contributed by atoms with Crippen molar-refractivity contribution in [2.45, 2.75) is 67.2 Å². The van der Waals surface area contributed by atoms with Gasteiger partial charge in [-0.2, -0.15) is 0 Å². The maximum absolute atomic E-state index is 4.49. The van der Waals surface area contributed by atoms with Crippen LogP contribution in [-0.2, 0) is 36.4 Å². The van der Waals surface area contributed by atoms with Crippen molar-refractivity contribution in [3.63, 3.8) is 0 Å². The monoisotopic (exact) mass is 580 g/mol. The second-order valence-electron chi connectivity index (χ2n) is 9.07. The second-order valence-corrected chi connectivity index (χ2v) is 9.07. The van der Waals surface area contributed by atoms with Gasteiger partial charge in [0.2, 0.25) is 0 Å². The van der Waals surface area contributed by atoms with E-state index in [1.165, 1.54) is 25.7 Å². The molecule has 6 aliphatic carbocycles. The SMILES string of the molecule is C[CH][C]1[CH]C[C@H]2C[C@@H]1C2(C)C.C[CH][C]1[CH]C[C@H]2C[C@@H]1C2(C)C.[Cl][Pd+].[Cl][Pd+]. The van der Waals surface area contributed by atoms with E-state index in [0.29, 0.717) is 10.8 Å². The first-order valence-electron chi connectivity index (χ1n) is 9.55. The third-order valence-electron chi connectivity index (χ3n) is 7.69. The fourth-order valence-corrected chi connectivity index (χ4v) is 5.44. The summed E-state index contributed by atoms with van der Waals surface area (Å²) in [6, 6.07) is 0. The zero-order valence-corrected chi connectivity index (χ0v) is 21.5. The molecule has 0 N–H and O–H groups in total. The van der Waals surface area contributed by atoms with Crippen LogP contribution in [0.4, 0.5) is 0 Å². The molecular weight excluding hydrogens is 548 g/mol. The minimum absolute atomic E-state index is 0.608. The van der Waals surface area contributed by atoms with Gasteiger partial charge in [0, 0.05) is 0 Å². The van der Waals surface area contributed by atoms with Gasteiger partial charge in [0.15, 0.2) is 0 Å². The van der Waals surface area contributed by atoms with Crippen LogP contribution in [0, 0.1) is 72.0 Å². The van der Waals surface area contributed by atoms with E-state index in [0.717, 1.165) is 23.7 Å². The Balaban J connectivity index is 0.000000219. The van der Waals surface area contributed by atoms with Crippen LogP contribution in [0.1, 0.15) is 67.2 Å². The van der Waals surface area contributed by atoms with E-state index in [1.54, 1.807) is 11.8 Å². The number of hydrogen-bond acceptors (Lipinski definition) is 0. The Morgan fingerprint density at radius 2 is 1.08 bits per heavy atom. The predicted octanol–water partition coefficient (Wildman–Crippen LogP) is 7.48. The normalized spacial score (nSPS) is 35.8. The van der Waals surface area contributed by atoms with E-state index in [-0.39, 0.29) is 0 Å². The summed E-state index contributed by atoms with van der Waals surface area (Å²) in [5.74, 6) is 6.94. The first kappa shape index (κ1) is 25.9. The van der Waals surface area contributed by atoms with Crippen LogP contribution < -0.4 is 0 Å². The van der Waals surface area contributed by atoms with E-state index in [9.17, 15) is 0 Å². The molecule has 0 aromatic carbocycles. The molecule has 0 spiro atoms. The molecule has 0 nitrogen and oxygen atoms in total. The molecule has 0 unspecified atom stereocenters. The molecule has 4 heteroatoms. The molecule has 0 aliphatic heterocycles. The van der Waals surface area contributed by atoms with E-state index in [2.05, 4.69) is 123 Å². The van der Waals surface area contributed by atoms with Gasteiger partial charge in [0.05, 0.1) is 0 Å². The summed E-state index contributed by atoms with van der Waals surface area (Å²) in [7, 11) is 8.98. The molecule has 4 bridgehead atoms. The molecule has 6 radical (unpaired) electrons. The Kier molecular flexibility index (Phi) is 11.3. The Labute approximate surface area is 193 Å². The molecule has 6 rings (SSSR count). The van der Waals surface area contributed by atoms with Gasteiger partial charge in [-0.05, 0) is 97.7 Å². The Hall–Kier alpha value is 1.90. The molecule has 6 saturated carbocycles. The predicted molar refractivity (Wildman–Crippen MR) is 107 cm³/mol. The number of fused-ring (bicyclic) bond motifs is 4. The third kappa shape index (κ3) is 5.14. The molecule has 4 atom stereocenters.